The lowest BCUT2D eigenvalue weighted by Gasteiger charge is -2.16. The van der Waals surface area contributed by atoms with E-state index in [1.165, 1.54) is 0 Å². The van der Waals surface area contributed by atoms with Crippen LogP contribution in [-0.2, 0) is 0 Å². The molecule has 4 nitrogen and oxygen atoms in total. The van der Waals surface area contributed by atoms with Crippen molar-refractivity contribution in [3.05, 3.63) is 29.8 Å². The van der Waals surface area contributed by atoms with Gasteiger partial charge in [-0.15, -0.1) is 0 Å². The van der Waals surface area contributed by atoms with E-state index in [2.05, 4.69) is 6.92 Å². The summed E-state index contributed by atoms with van der Waals surface area (Å²) in [5, 5.41) is 0. The zero-order valence-electron chi connectivity index (χ0n) is 10.2. The van der Waals surface area contributed by atoms with Crippen LogP contribution in [0.3, 0.4) is 0 Å². The highest BCUT2D eigenvalue weighted by atomic mass is 16.5. The van der Waals surface area contributed by atoms with Crippen molar-refractivity contribution >= 4 is 5.91 Å². The van der Waals surface area contributed by atoms with E-state index in [0.717, 1.165) is 12.3 Å². The van der Waals surface area contributed by atoms with E-state index in [4.69, 9.17) is 10.5 Å². The second-order valence-corrected chi connectivity index (χ2v) is 4.58. The number of ether oxygens (including phenoxy) is 1. The summed E-state index contributed by atoms with van der Waals surface area (Å²) in [5.41, 5.74) is 6.60. The molecule has 0 spiro atoms. The molecule has 4 heteroatoms. The molecule has 92 valence electrons. The van der Waals surface area contributed by atoms with Crippen molar-refractivity contribution in [1.29, 1.82) is 0 Å². The second-order valence-electron chi connectivity index (χ2n) is 4.58. The van der Waals surface area contributed by atoms with Gasteiger partial charge in [-0.25, -0.2) is 0 Å². The minimum Gasteiger partial charge on any atom is -0.497 e. The summed E-state index contributed by atoms with van der Waals surface area (Å²) < 4.78 is 5.06. The van der Waals surface area contributed by atoms with Gasteiger partial charge in [0, 0.05) is 24.7 Å². The van der Waals surface area contributed by atoms with E-state index in [9.17, 15) is 4.79 Å². The molecule has 1 heterocycles. The third-order valence-corrected chi connectivity index (χ3v) is 3.29. The monoisotopic (exact) mass is 234 g/mol. The highest BCUT2D eigenvalue weighted by Gasteiger charge is 2.30. The molecule has 1 aromatic rings. The van der Waals surface area contributed by atoms with Gasteiger partial charge in [0.2, 0.25) is 0 Å². The van der Waals surface area contributed by atoms with Gasteiger partial charge in [-0.05, 0) is 30.2 Å². The Morgan fingerprint density at radius 1 is 1.35 bits per heavy atom. The Bertz CT molecular complexity index is 392. The molecule has 1 aliphatic heterocycles. The molecular formula is C13H18N2O2. The van der Waals surface area contributed by atoms with E-state index in [1.54, 1.807) is 31.4 Å². The van der Waals surface area contributed by atoms with Gasteiger partial charge >= 0.3 is 0 Å². The van der Waals surface area contributed by atoms with Crippen LogP contribution in [0.15, 0.2) is 24.3 Å². The summed E-state index contributed by atoms with van der Waals surface area (Å²) in [7, 11) is 1.61. The molecule has 1 fully saturated rings. The number of carbonyl (C=O) groups excluding carboxylic acids is 1. The molecule has 2 unspecified atom stereocenters. The Morgan fingerprint density at radius 3 is 2.47 bits per heavy atom. The zero-order valence-corrected chi connectivity index (χ0v) is 10.2. The van der Waals surface area contributed by atoms with Gasteiger partial charge in [0.1, 0.15) is 5.75 Å². The molecule has 1 aromatic carbocycles. The minimum atomic E-state index is 0.0486. The number of benzene rings is 1. The lowest BCUT2D eigenvalue weighted by Crippen LogP contribution is -2.32. The van der Waals surface area contributed by atoms with E-state index in [0.29, 0.717) is 18.0 Å². The van der Waals surface area contributed by atoms with Crippen molar-refractivity contribution in [2.75, 3.05) is 20.2 Å². The highest BCUT2D eigenvalue weighted by molar-refractivity contribution is 5.94. The van der Waals surface area contributed by atoms with Crippen LogP contribution in [0.4, 0.5) is 0 Å². The molecule has 2 N–H and O–H groups in total. The molecule has 0 aromatic heterocycles. The predicted molar refractivity (Wildman–Crippen MR) is 66.0 cm³/mol. The van der Waals surface area contributed by atoms with Crippen LogP contribution in [0.2, 0.25) is 0 Å². The Balaban J connectivity index is 2.09. The second kappa shape index (κ2) is 4.75. The minimum absolute atomic E-state index is 0.0486. The third kappa shape index (κ3) is 2.42. The average Bonchev–Trinajstić information content (AvgIpc) is 2.69. The van der Waals surface area contributed by atoms with Gasteiger partial charge in [0.05, 0.1) is 7.11 Å². The number of carbonyl (C=O) groups is 1. The van der Waals surface area contributed by atoms with Crippen LogP contribution in [-0.4, -0.2) is 37.0 Å². The first-order valence-electron chi connectivity index (χ1n) is 5.80. The summed E-state index contributed by atoms with van der Waals surface area (Å²) in [5.74, 6) is 1.18. The fraction of sp³-hybridized carbons (Fsp3) is 0.462. The van der Waals surface area contributed by atoms with Gasteiger partial charge in [-0.3, -0.25) is 4.79 Å². The Kier molecular flexibility index (Phi) is 3.33. The molecule has 2 atom stereocenters. The standard InChI is InChI=1S/C13H18N2O2/c1-9-7-15(8-12(9)14)13(16)10-3-5-11(17-2)6-4-10/h3-6,9,12H,7-8,14H2,1-2H3. The average molecular weight is 234 g/mol. The maximum Gasteiger partial charge on any atom is 0.253 e. The van der Waals surface area contributed by atoms with Crippen molar-refractivity contribution in [3.63, 3.8) is 0 Å². The van der Waals surface area contributed by atoms with Crippen LogP contribution in [0, 0.1) is 5.92 Å². The van der Waals surface area contributed by atoms with Crippen molar-refractivity contribution in [2.24, 2.45) is 11.7 Å². The Morgan fingerprint density at radius 2 is 2.00 bits per heavy atom. The van der Waals surface area contributed by atoms with Crippen molar-refractivity contribution in [1.82, 2.24) is 4.90 Å². The maximum atomic E-state index is 12.2. The molecule has 1 aliphatic rings. The number of hydrogen-bond acceptors (Lipinski definition) is 3. The van der Waals surface area contributed by atoms with Gasteiger partial charge in [0.15, 0.2) is 0 Å². The van der Waals surface area contributed by atoms with Gasteiger partial charge in [-0.1, -0.05) is 6.92 Å². The largest absolute Gasteiger partial charge is 0.497 e. The van der Waals surface area contributed by atoms with Crippen molar-refractivity contribution in [2.45, 2.75) is 13.0 Å². The maximum absolute atomic E-state index is 12.2. The smallest absolute Gasteiger partial charge is 0.253 e. The van der Waals surface area contributed by atoms with E-state index in [1.807, 2.05) is 4.90 Å². The van der Waals surface area contributed by atoms with E-state index in [-0.39, 0.29) is 11.9 Å². The quantitative estimate of drug-likeness (QED) is 0.834. The third-order valence-electron chi connectivity index (χ3n) is 3.29. The van der Waals surface area contributed by atoms with Crippen LogP contribution in [0.1, 0.15) is 17.3 Å². The van der Waals surface area contributed by atoms with Gasteiger partial charge in [-0.2, -0.15) is 0 Å². The predicted octanol–water partition coefficient (Wildman–Crippen LogP) is 1.11. The first-order chi connectivity index (χ1) is 8.11. The SMILES string of the molecule is COc1ccc(C(=O)N2CC(C)C(N)C2)cc1. The Hall–Kier alpha value is -1.55. The zero-order chi connectivity index (χ0) is 12.4. The number of nitrogens with zero attached hydrogens (tertiary/aromatic N) is 1. The fourth-order valence-electron chi connectivity index (χ4n) is 2.07. The molecule has 0 aliphatic carbocycles. The number of likely N-dealkylation sites (tertiary alicyclic amines) is 1. The molecule has 0 radical (unpaired) electrons. The molecule has 0 saturated carbocycles. The molecule has 0 bridgehead atoms. The van der Waals surface area contributed by atoms with Crippen LogP contribution < -0.4 is 10.5 Å². The molecule has 1 amide bonds. The number of methoxy groups -OCH3 is 1. The van der Waals surface area contributed by atoms with Crippen LogP contribution in [0.25, 0.3) is 0 Å². The fourth-order valence-corrected chi connectivity index (χ4v) is 2.07. The van der Waals surface area contributed by atoms with Crippen LogP contribution >= 0.6 is 0 Å². The first-order valence-corrected chi connectivity index (χ1v) is 5.80. The summed E-state index contributed by atoms with van der Waals surface area (Å²) in [6, 6.07) is 7.27. The van der Waals surface area contributed by atoms with E-state index >= 15 is 0 Å². The Labute approximate surface area is 101 Å². The summed E-state index contributed by atoms with van der Waals surface area (Å²) in [4.78, 5) is 14.0. The molecule has 1 saturated heterocycles. The molecular weight excluding hydrogens is 216 g/mol. The van der Waals surface area contributed by atoms with Crippen molar-refractivity contribution < 1.29 is 9.53 Å². The summed E-state index contributed by atoms with van der Waals surface area (Å²) in [6.07, 6.45) is 0. The number of hydrogen-bond donors (Lipinski definition) is 1. The topological polar surface area (TPSA) is 55.6 Å². The van der Waals surface area contributed by atoms with Crippen molar-refractivity contribution in [3.8, 4) is 5.75 Å². The summed E-state index contributed by atoms with van der Waals surface area (Å²) >= 11 is 0. The number of nitrogens with two attached hydrogens (primary N) is 1. The first kappa shape index (κ1) is 11.9. The normalized spacial score (nSPS) is 23.8. The molecule has 2 rings (SSSR count). The number of amides is 1. The lowest BCUT2D eigenvalue weighted by molar-refractivity contribution is 0.0787. The lowest BCUT2D eigenvalue weighted by atomic mass is 10.1. The number of rotatable bonds is 2. The highest BCUT2D eigenvalue weighted by Crippen LogP contribution is 2.19. The summed E-state index contributed by atoms with van der Waals surface area (Å²) in [6.45, 7) is 3.46. The molecule has 17 heavy (non-hydrogen) atoms. The van der Waals surface area contributed by atoms with Gasteiger partial charge in [0.25, 0.3) is 5.91 Å². The van der Waals surface area contributed by atoms with E-state index < -0.39 is 0 Å². The van der Waals surface area contributed by atoms with Crippen LogP contribution in [0.5, 0.6) is 5.75 Å². The van der Waals surface area contributed by atoms with Gasteiger partial charge < -0.3 is 15.4 Å².